The second kappa shape index (κ2) is 34.7. The van der Waals surface area contributed by atoms with Gasteiger partial charge in [-0.3, -0.25) is 39.6 Å². The number of fused-ring (bicyclic) bond motifs is 1. The van der Waals surface area contributed by atoms with Crippen molar-refractivity contribution < 1.29 is 123 Å². The molecule has 4 aromatic rings. The maximum Gasteiger partial charge on any atom is 0.246 e. The minimum absolute atomic E-state index is 0.0526. The Hall–Kier alpha value is -8.94. The fourth-order valence-electron chi connectivity index (χ4n) is 13.5. The molecule has 0 bridgehead atoms. The van der Waals surface area contributed by atoms with Crippen molar-refractivity contribution in [2.24, 2.45) is 0 Å². The normalized spacial score (nSPS) is 35.3. The summed E-state index contributed by atoms with van der Waals surface area (Å²) in [4.78, 5) is 88.5. The van der Waals surface area contributed by atoms with Gasteiger partial charge in [0.15, 0.2) is 30.7 Å². The first-order valence-corrected chi connectivity index (χ1v) is 34.3. The first kappa shape index (κ1) is 78.1. The van der Waals surface area contributed by atoms with E-state index in [2.05, 4.69) is 47.9 Å². The van der Waals surface area contributed by atoms with Crippen molar-refractivity contribution in [3.63, 3.8) is 0 Å². The molecule has 37 heteroatoms. The van der Waals surface area contributed by atoms with Gasteiger partial charge in [0.25, 0.3) is 0 Å². The van der Waals surface area contributed by atoms with Crippen molar-refractivity contribution in [1.29, 1.82) is 10.8 Å². The average molecular weight is 1490 g/mol. The molecule has 574 valence electrons. The van der Waals surface area contributed by atoms with Gasteiger partial charge in [-0.1, -0.05) is 116 Å². The van der Waals surface area contributed by atoms with Crippen LogP contribution in [-0.4, -0.2) is 306 Å². The lowest BCUT2D eigenvalue weighted by Crippen LogP contribution is -2.69. The summed E-state index contributed by atoms with van der Waals surface area (Å²) < 4.78 is 41.7. The molecule has 11 rings (SSSR count). The number of nitrogens with one attached hydrogen (secondary N) is 11. The summed E-state index contributed by atoms with van der Waals surface area (Å²) in [6.07, 6.45) is -27.2. The van der Waals surface area contributed by atoms with Crippen LogP contribution in [0.1, 0.15) is 46.9 Å². The third kappa shape index (κ3) is 17.7. The van der Waals surface area contributed by atoms with Crippen molar-refractivity contribution >= 4 is 59.5 Å². The Morgan fingerprint density at radius 1 is 0.557 bits per heavy atom. The number of hydrogen-bond donors (Lipinski definition) is 23. The number of rotatable bonds is 19. The van der Waals surface area contributed by atoms with E-state index in [4.69, 9.17) is 44.0 Å². The Morgan fingerprint density at radius 3 is 1.84 bits per heavy atom. The van der Waals surface area contributed by atoms with Gasteiger partial charge in [-0.2, -0.15) is 0 Å². The summed E-state index contributed by atoms with van der Waals surface area (Å²) >= 11 is 0. The van der Waals surface area contributed by atoms with Gasteiger partial charge in [-0.25, -0.2) is 0 Å². The second-order valence-electron chi connectivity index (χ2n) is 26.6. The highest BCUT2D eigenvalue weighted by molar-refractivity contribution is 5.98. The first-order valence-electron chi connectivity index (χ1n) is 34.3. The molecule has 26 atom stereocenters. The summed E-state index contributed by atoms with van der Waals surface area (Å²) in [5.74, 6) is -9.24. The number of benzene rings is 4. The van der Waals surface area contributed by atoms with E-state index < -0.39 is 239 Å². The zero-order valence-electron chi connectivity index (χ0n) is 56.8. The molecule has 7 fully saturated rings. The molecule has 23 N–H and O–H groups in total. The molecule has 0 aromatic heterocycles. The van der Waals surface area contributed by atoms with Crippen LogP contribution in [0.25, 0.3) is 12.2 Å². The van der Waals surface area contributed by atoms with Crippen molar-refractivity contribution in [3.05, 3.63) is 137 Å². The molecular weight excluding hydrogens is 1400 g/mol. The van der Waals surface area contributed by atoms with Crippen molar-refractivity contribution in [3.8, 4) is 5.75 Å². The number of aliphatic hydroxyl groups excluding tert-OH is 12. The molecule has 0 saturated carbocycles. The Labute approximate surface area is 605 Å². The molecule has 7 saturated heterocycles. The van der Waals surface area contributed by atoms with Crippen molar-refractivity contribution in [2.45, 2.75) is 172 Å². The molecule has 0 spiro atoms. The van der Waals surface area contributed by atoms with Gasteiger partial charge in [-0.05, 0) is 34.4 Å². The van der Waals surface area contributed by atoms with Crippen LogP contribution < -0.4 is 52.6 Å². The van der Waals surface area contributed by atoms with E-state index in [0.29, 0.717) is 11.1 Å². The van der Waals surface area contributed by atoms with Gasteiger partial charge >= 0.3 is 0 Å². The Balaban J connectivity index is 0.817. The van der Waals surface area contributed by atoms with Gasteiger partial charge in [0.05, 0.1) is 45.1 Å². The minimum Gasteiger partial charge on any atom is -0.462 e. The standard InChI is InChI=1S/C69H88N12O25/c1-30(34-10-6-3-7-11-34)45-61(97)75-37(22-33-16-20-36(21-17-33)101-66-55(93)52(90)57(42(28-84)103-66)106-67-56(94)53(91)58-43(104-67)29-100-65(105-58)35-18-14-32(15-19-35)13-12-31-8-4-2-5-9-31)60(96)79-46(48(86)38-23-73-68(70)77-38)63(99)80-47(62(98)76-39(26-82)59(95)72-25-44(85)78-45)49(87)40-24-74-69(71)81(40)64-54(92)51(89)50(88)41(27-83)102-64/h2-21,30,37-43,45-58,64-67,82-84,86-94H,22-29H2,1H3,(H2,71,74)(H,72,95)(H,75,97)(H,76,98)(H,78,85)(H,79,96)(H,80,99)(H3,70,73,77)/b13-12+. The largest absolute Gasteiger partial charge is 0.462 e. The third-order valence-corrected chi connectivity index (χ3v) is 19.5. The molecule has 26 unspecified atom stereocenters. The number of guanidine groups is 2. The number of carbonyl (C=O) groups is 6. The van der Waals surface area contributed by atoms with Crippen LogP contribution in [0.15, 0.2) is 109 Å². The second-order valence-corrected chi connectivity index (χ2v) is 26.6. The predicted molar refractivity (Wildman–Crippen MR) is 364 cm³/mol. The highest BCUT2D eigenvalue weighted by atomic mass is 16.8. The number of aliphatic hydroxyl groups is 12. The predicted octanol–water partition coefficient (Wildman–Crippen LogP) is -8.26. The maximum absolute atomic E-state index is 15.2. The van der Waals surface area contributed by atoms with Crippen LogP contribution in [-0.2, 0) is 63.6 Å². The molecule has 106 heavy (non-hydrogen) atoms. The lowest BCUT2D eigenvalue weighted by atomic mass is 9.92. The summed E-state index contributed by atoms with van der Waals surface area (Å²) in [6.45, 7) is -3.14. The van der Waals surface area contributed by atoms with E-state index in [1.165, 1.54) is 24.3 Å². The molecular formula is C69H88N12O25. The molecule has 0 radical (unpaired) electrons. The fraction of sp³-hybridized carbons (Fsp3) is 0.507. The molecule has 7 aliphatic rings. The fourth-order valence-corrected chi connectivity index (χ4v) is 13.5. The van der Waals surface area contributed by atoms with Gasteiger partial charge in [0.2, 0.25) is 41.7 Å². The summed E-state index contributed by atoms with van der Waals surface area (Å²) in [7, 11) is 0. The number of amides is 6. The van der Waals surface area contributed by atoms with Crippen LogP contribution in [0.3, 0.4) is 0 Å². The summed E-state index contributed by atoms with van der Waals surface area (Å²) in [6, 6.07) is 18.0. The Morgan fingerprint density at radius 2 is 1.18 bits per heavy atom. The molecule has 6 amide bonds. The zero-order valence-corrected chi connectivity index (χ0v) is 56.8. The van der Waals surface area contributed by atoms with E-state index in [-0.39, 0.29) is 30.4 Å². The van der Waals surface area contributed by atoms with E-state index in [9.17, 15) is 80.5 Å². The number of hydrogen-bond acceptors (Lipinski definition) is 27. The van der Waals surface area contributed by atoms with E-state index >= 15 is 9.59 Å². The van der Waals surface area contributed by atoms with Crippen LogP contribution in [0.4, 0.5) is 0 Å². The zero-order chi connectivity index (χ0) is 75.8. The topological polar surface area (TPSA) is 569 Å². The molecule has 0 aliphatic carbocycles. The highest BCUT2D eigenvalue weighted by Gasteiger charge is 2.56. The van der Waals surface area contributed by atoms with Crippen LogP contribution in [0, 0.1) is 10.8 Å². The first-order chi connectivity index (χ1) is 50.8. The molecule has 4 aromatic carbocycles. The van der Waals surface area contributed by atoms with E-state index in [0.717, 1.165) is 16.0 Å². The van der Waals surface area contributed by atoms with E-state index in [1.54, 1.807) is 49.4 Å². The van der Waals surface area contributed by atoms with Crippen LogP contribution in [0.5, 0.6) is 5.75 Å². The average Bonchev–Trinajstić information content (AvgIpc) is 1.19. The van der Waals surface area contributed by atoms with Crippen molar-refractivity contribution in [1.82, 2.24) is 52.8 Å². The van der Waals surface area contributed by atoms with Crippen LogP contribution >= 0.6 is 0 Å². The van der Waals surface area contributed by atoms with Gasteiger partial charge in [0, 0.05) is 31.0 Å². The SMILES string of the molecule is CC(c1ccccc1)C1NC(=O)CNC(=O)C(CO)NC(=O)C(C(O)C2CNC(=N)N2C2OC(CO)C(O)C(O)C2O)NC(=O)C(C(O)C2CNC(=N)N2)NC(=O)C(Cc2ccc(OC3OC(CO)C(OC4OC5COC(c6ccc(/C=C/c7ccccc7)cc6)OC5C(O)C4O)C(O)C3O)cc2)NC1=O. The maximum atomic E-state index is 15.2. The Kier molecular flexibility index (Phi) is 25.6. The van der Waals surface area contributed by atoms with Crippen LogP contribution in [0.2, 0.25) is 0 Å². The van der Waals surface area contributed by atoms with Gasteiger partial charge < -0.3 is 147 Å². The summed E-state index contributed by atoms with van der Waals surface area (Å²) in [5, 5.41) is 173. The lowest BCUT2D eigenvalue weighted by Gasteiger charge is -2.48. The number of ether oxygens (including phenoxy) is 7. The monoisotopic (exact) mass is 1480 g/mol. The quantitative estimate of drug-likeness (QED) is 0.0388. The third-order valence-electron chi connectivity index (χ3n) is 19.5. The smallest absolute Gasteiger partial charge is 0.246 e. The molecule has 37 nitrogen and oxygen atoms in total. The Bertz CT molecular complexity index is 3740. The molecule has 7 aliphatic heterocycles. The van der Waals surface area contributed by atoms with Gasteiger partial charge in [0.1, 0.15) is 121 Å². The van der Waals surface area contributed by atoms with E-state index in [1.807, 2.05) is 54.6 Å². The molecule has 7 heterocycles. The number of nitrogens with zero attached hydrogens (tertiary/aromatic N) is 1. The summed E-state index contributed by atoms with van der Waals surface area (Å²) in [5.41, 5.74) is 3.27. The minimum atomic E-state index is -2.36. The van der Waals surface area contributed by atoms with Crippen molar-refractivity contribution in [2.75, 3.05) is 46.1 Å². The highest BCUT2D eigenvalue weighted by Crippen LogP contribution is 2.37. The lowest BCUT2D eigenvalue weighted by molar-refractivity contribution is -0.383. The number of carbonyl (C=O) groups excluding carboxylic acids is 6. The van der Waals surface area contributed by atoms with Gasteiger partial charge in [-0.15, -0.1) is 0 Å².